The van der Waals surface area contributed by atoms with Crippen LogP contribution in [0.1, 0.15) is 26.2 Å². The average molecular weight is 291 g/mol. The summed E-state index contributed by atoms with van der Waals surface area (Å²) in [5.41, 5.74) is 5.91. The van der Waals surface area contributed by atoms with Crippen molar-refractivity contribution in [2.45, 2.75) is 32.2 Å². The van der Waals surface area contributed by atoms with Crippen LogP contribution in [0.25, 0.3) is 0 Å². The number of hydrogen-bond acceptors (Lipinski definition) is 5. The van der Waals surface area contributed by atoms with Gasteiger partial charge in [-0.1, -0.05) is 0 Å². The Morgan fingerprint density at radius 2 is 2.05 bits per heavy atom. The Morgan fingerprint density at radius 1 is 1.37 bits per heavy atom. The third kappa shape index (κ3) is 3.37. The molecule has 1 unspecified atom stereocenters. The molecule has 1 amide bonds. The van der Waals surface area contributed by atoms with Gasteiger partial charge in [0.2, 0.25) is 0 Å². The highest BCUT2D eigenvalue weighted by molar-refractivity contribution is 7.87. The number of amides is 1. The summed E-state index contributed by atoms with van der Waals surface area (Å²) in [6, 6.07) is 0.168. The predicted molar refractivity (Wildman–Crippen MR) is 69.5 cm³/mol. The van der Waals surface area contributed by atoms with Crippen molar-refractivity contribution in [1.82, 2.24) is 9.03 Å². The van der Waals surface area contributed by atoms with Gasteiger partial charge in [-0.05, 0) is 38.0 Å². The fourth-order valence-corrected chi connectivity index (χ4v) is 4.13. The zero-order valence-electron chi connectivity index (χ0n) is 11.0. The molecule has 1 heterocycles. The molecule has 0 spiro atoms. The van der Waals surface area contributed by atoms with Crippen LogP contribution < -0.4 is 10.5 Å². The minimum Gasteiger partial charge on any atom is -0.449 e. The summed E-state index contributed by atoms with van der Waals surface area (Å²) in [6.07, 6.45) is 1.84. The van der Waals surface area contributed by atoms with E-state index in [0.29, 0.717) is 24.9 Å². The van der Waals surface area contributed by atoms with E-state index < -0.39 is 16.3 Å². The summed E-state index contributed by atoms with van der Waals surface area (Å²) in [6.45, 7) is 2.67. The molecule has 1 aliphatic carbocycles. The van der Waals surface area contributed by atoms with Gasteiger partial charge in [0.05, 0.1) is 6.61 Å². The number of carbonyl (C=O) groups excluding carboxylic acids is 1. The summed E-state index contributed by atoms with van der Waals surface area (Å²) in [7, 11) is -3.79. The molecule has 3 atom stereocenters. The molecule has 3 N–H and O–H groups in total. The second-order valence-electron chi connectivity index (χ2n) is 5.24. The first-order chi connectivity index (χ1) is 8.92. The van der Waals surface area contributed by atoms with E-state index in [1.54, 1.807) is 6.92 Å². The molecule has 110 valence electrons. The largest absolute Gasteiger partial charge is 0.449 e. The van der Waals surface area contributed by atoms with Gasteiger partial charge in [-0.3, -0.25) is 0 Å². The second kappa shape index (κ2) is 5.64. The van der Waals surface area contributed by atoms with Crippen LogP contribution in [-0.2, 0) is 14.9 Å². The molecule has 0 aromatic rings. The first-order valence-corrected chi connectivity index (χ1v) is 8.06. The molecule has 19 heavy (non-hydrogen) atoms. The van der Waals surface area contributed by atoms with E-state index in [0.717, 1.165) is 19.3 Å². The molecule has 0 bridgehead atoms. The molecule has 7 nitrogen and oxygen atoms in total. The van der Waals surface area contributed by atoms with Gasteiger partial charge < -0.3 is 10.5 Å². The van der Waals surface area contributed by atoms with Crippen LogP contribution in [0.15, 0.2) is 0 Å². The summed E-state index contributed by atoms with van der Waals surface area (Å²) in [4.78, 5) is 11.2. The molecule has 2 aliphatic rings. The Morgan fingerprint density at radius 3 is 2.74 bits per heavy atom. The standard InChI is InChI=1S/C11H21N3O4S/c1-2-18-11(15)13-19(16,17)14-6-8-3-4-10(12)5-9(8)7-14/h8-10H,2-7,12H2,1H3,(H,13,15)/t8-,9+,10?/m1/s1. The monoisotopic (exact) mass is 291 g/mol. The number of fused-ring (bicyclic) bond motifs is 1. The van der Waals surface area contributed by atoms with Crippen LogP contribution in [0.2, 0.25) is 0 Å². The van der Waals surface area contributed by atoms with Gasteiger partial charge in [0.15, 0.2) is 0 Å². The smallest absolute Gasteiger partial charge is 0.421 e. The van der Waals surface area contributed by atoms with Gasteiger partial charge >= 0.3 is 16.3 Å². The van der Waals surface area contributed by atoms with E-state index in [4.69, 9.17) is 5.73 Å². The summed E-state index contributed by atoms with van der Waals surface area (Å²) in [5.74, 6) is 0.668. The molecule has 1 aliphatic heterocycles. The van der Waals surface area contributed by atoms with E-state index in [1.807, 2.05) is 4.72 Å². The van der Waals surface area contributed by atoms with Crippen LogP contribution in [0.5, 0.6) is 0 Å². The van der Waals surface area contributed by atoms with Crippen LogP contribution in [0, 0.1) is 11.8 Å². The lowest BCUT2D eigenvalue weighted by molar-refractivity contribution is 0.158. The molecule has 0 aromatic heterocycles. The maximum absolute atomic E-state index is 12.0. The van der Waals surface area contributed by atoms with Crippen molar-refractivity contribution in [3.05, 3.63) is 0 Å². The maximum atomic E-state index is 12.0. The first-order valence-electron chi connectivity index (χ1n) is 6.62. The fourth-order valence-electron chi connectivity index (χ4n) is 2.95. The molecule has 2 fully saturated rings. The van der Waals surface area contributed by atoms with Gasteiger partial charge in [-0.15, -0.1) is 0 Å². The zero-order chi connectivity index (χ0) is 14.0. The van der Waals surface area contributed by atoms with Gasteiger partial charge in [-0.25, -0.2) is 9.52 Å². The van der Waals surface area contributed by atoms with Gasteiger partial charge in [0, 0.05) is 19.1 Å². The fraction of sp³-hybridized carbons (Fsp3) is 0.909. The van der Waals surface area contributed by atoms with Crippen molar-refractivity contribution in [2.75, 3.05) is 19.7 Å². The minimum absolute atomic E-state index is 0.140. The lowest BCUT2D eigenvalue weighted by Gasteiger charge is -2.28. The number of nitrogens with two attached hydrogens (primary N) is 1. The Kier molecular flexibility index (Phi) is 4.32. The van der Waals surface area contributed by atoms with Crippen LogP contribution in [0.3, 0.4) is 0 Å². The van der Waals surface area contributed by atoms with E-state index >= 15 is 0 Å². The van der Waals surface area contributed by atoms with Crippen molar-refractivity contribution in [3.63, 3.8) is 0 Å². The Labute approximate surface area is 113 Å². The third-order valence-electron chi connectivity index (χ3n) is 3.88. The van der Waals surface area contributed by atoms with Crippen LogP contribution in [0.4, 0.5) is 4.79 Å². The average Bonchev–Trinajstić information content (AvgIpc) is 2.72. The van der Waals surface area contributed by atoms with Crippen molar-refractivity contribution in [2.24, 2.45) is 17.6 Å². The number of nitrogens with one attached hydrogen (secondary N) is 1. The number of rotatable bonds is 3. The van der Waals surface area contributed by atoms with E-state index in [-0.39, 0.29) is 12.6 Å². The van der Waals surface area contributed by atoms with Crippen LogP contribution in [-0.4, -0.2) is 44.6 Å². The molecular formula is C11H21N3O4S. The van der Waals surface area contributed by atoms with Crippen molar-refractivity contribution in [1.29, 1.82) is 0 Å². The SMILES string of the molecule is CCOC(=O)NS(=O)(=O)N1C[C@H]2CCC(N)C[C@H]2C1. The highest BCUT2D eigenvalue weighted by atomic mass is 32.2. The molecule has 0 aromatic carbocycles. The number of carbonyl (C=O) groups is 1. The quantitative estimate of drug-likeness (QED) is 0.764. The molecule has 0 radical (unpaired) electrons. The highest BCUT2D eigenvalue weighted by Gasteiger charge is 2.41. The van der Waals surface area contributed by atoms with Crippen molar-refractivity contribution < 1.29 is 17.9 Å². The van der Waals surface area contributed by atoms with E-state index in [2.05, 4.69) is 4.74 Å². The normalized spacial score (nSPS) is 31.8. The predicted octanol–water partition coefficient (Wildman–Crippen LogP) is 0.0365. The molecular weight excluding hydrogens is 270 g/mol. The highest BCUT2D eigenvalue weighted by Crippen LogP contribution is 2.36. The van der Waals surface area contributed by atoms with Gasteiger partial charge in [0.25, 0.3) is 0 Å². The summed E-state index contributed by atoms with van der Waals surface area (Å²) >= 11 is 0. The number of hydrogen-bond donors (Lipinski definition) is 2. The third-order valence-corrected chi connectivity index (χ3v) is 5.29. The number of ether oxygens (including phenoxy) is 1. The molecule has 2 rings (SSSR count). The van der Waals surface area contributed by atoms with Crippen molar-refractivity contribution in [3.8, 4) is 0 Å². The lowest BCUT2D eigenvalue weighted by Crippen LogP contribution is -2.42. The maximum Gasteiger partial charge on any atom is 0.421 e. The summed E-state index contributed by atoms with van der Waals surface area (Å²) < 4.78 is 31.9. The van der Waals surface area contributed by atoms with E-state index in [9.17, 15) is 13.2 Å². The minimum atomic E-state index is -3.79. The van der Waals surface area contributed by atoms with Gasteiger partial charge in [-0.2, -0.15) is 12.7 Å². The lowest BCUT2D eigenvalue weighted by atomic mass is 9.79. The van der Waals surface area contributed by atoms with E-state index in [1.165, 1.54) is 4.31 Å². The topological polar surface area (TPSA) is 102 Å². The molecule has 1 saturated carbocycles. The second-order valence-corrected chi connectivity index (χ2v) is 6.91. The Bertz CT molecular complexity index is 439. The zero-order valence-corrected chi connectivity index (χ0v) is 11.9. The first kappa shape index (κ1) is 14.5. The summed E-state index contributed by atoms with van der Waals surface area (Å²) in [5, 5.41) is 0. The van der Waals surface area contributed by atoms with Gasteiger partial charge in [0.1, 0.15) is 0 Å². The molecule has 8 heteroatoms. The Hall–Kier alpha value is -0.860. The molecule has 1 saturated heterocycles. The van der Waals surface area contributed by atoms with Crippen molar-refractivity contribution >= 4 is 16.3 Å². The Balaban J connectivity index is 1.97. The van der Waals surface area contributed by atoms with Crippen LogP contribution >= 0.6 is 0 Å². The number of nitrogens with zero attached hydrogens (tertiary/aromatic N) is 1.